The Hall–Kier alpha value is -1.13. The number of anilines is 1. The van der Waals surface area contributed by atoms with Crippen molar-refractivity contribution in [2.45, 2.75) is 26.7 Å². The standard InChI is InChI=1S/C13H20ClN3O/c1-9(2)5-10(8-15)6-13(18)17-11-3-4-16-12(14)7-11/h3-4,7,9-10H,5-6,8,15H2,1-2H3,(H,16,17,18)/t10-/m0/s1. The van der Waals surface area contributed by atoms with Crippen molar-refractivity contribution >= 4 is 23.2 Å². The van der Waals surface area contributed by atoms with Gasteiger partial charge in [0.2, 0.25) is 5.91 Å². The highest BCUT2D eigenvalue weighted by atomic mass is 35.5. The number of aromatic nitrogens is 1. The quantitative estimate of drug-likeness (QED) is 0.780. The van der Waals surface area contributed by atoms with Crippen LogP contribution in [-0.2, 0) is 4.79 Å². The topological polar surface area (TPSA) is 68.0 Å². The van der Waals surface area contributed by atoms with Crippen LogP contribution >= 0.6 is 11.6 Å². The second kappa shape index (κ2) is 7.34. The summed E-state index contributed by atoms with van der Waals surface area (Å²) in [7, 11) is 0. The molecule has 1 amide bonds. The van der Waals surface area contributed by atoms with E-state index in [2.05, 4.69) is 24.1 Å². The molecule has 1 atom stereocenters. The fourth-order valence-electron chi connectivity index (χ4n) is 1.88. The number of pyridine rings is 1. The van der Waals surface area contributed by atoms with E-state index in [4.69, 9.17) is 17.3 Å². The Morgan fingerprint density at radius 2 is 2.28 bits per heavy atom. The number of halogens is 1. The molecule has 0 unspecified atom stereocenters. The highest BCUT2D eigenvalue weighted by Gasteiger charge is 2.14. The molecule has 0 aliphatic rings. The fourth-order valence-corrected chi connectivity index (χ4v) is 2.06. The Balaban J connectivity index is 2.50. The van der Waals surface area contributed by atoms with Gasteiger partial charge in [0, 0.05) is 18.3 Å². The van der Waals surface area contributed by atoms with Gasteiger partial charge in [0.05, 0.1) is 0 Å². The number of nitrogens with one attached hydrogen (secondary N) is 1. The van der Waals surface area contributed by atoms with E-state index in [0.29, 0.717) is 29.7 Å². The third-order valence-electron chi connectivity index (χ3n) is 2.62. The van der Waals surface area contributed by atoms with Crippen molar-refractivity contribution in [2.75, 3.05) is 11.9 Å². The second-order valence-electron chi connectivity index (χ2n) is 4.85. The van der Waals surface area contributed by atoms with E-state index in [0.717, 1.165) is 6.42 Å². The lowest BCUT2D eigenvalue weighted by atomic mass is 9.94. The van der Waals surface area contributed by atoms with Crippen molar-refractivity contribution in [1.29, 1.82) is 0 Å². The Morgan fingerprint density at radius 3 is 2.83 bits per heavy atom. The lowest BCUT2D eigenvalue weighted by Crippen LogP contribution is -2.23. The van der Waals surface area contributed by atoms with Crippen molar-refractivity contribution < 1.29 is 4.79 Å². The Bertz CT molecular complexity index is 396. The van der Waals surface area contributed by atoms with Gasteiger partial charge < -0.3 is 11.1 Å². The first-order chi connectivity index (χ1) is 8.51. The fraction of sp³-hybridized carbons (Fsp3) is 0.538. The minimum absolute atomic E-state index is 0.0339. The van der Waals surface area contributed by atoms with Gasteiger partial charge in [0.25, 0.3) is 0 Å². The summed E-state index contributed by atoms with van der Waals surface area (Å²) < 4.78 is 0. The van der Waals surface area contributed by atoms with E-state index < -0.39 is 0 Å². The van der Waals surface area contributed by atoms with Crippen LogP contribution < -0.4 is 11.1 Å². The number of nitrogens with two attached hydrogens (primary N) is 1. The Morgan fingerprint density at radius 1 is 1.56 bits per heavy atom. The molecule has 5 heteroatoms. The zero-order valence-electron chi connectivity index (χ0n) is 10.8. The molecule has 0 saturated carbocycles. The van der Waals surface area contributed by atoms with Crippen molar-refractivity contribution in [3.8, 4) is 0 Å². The van der Waals surface area contributed by atoms with Crippen LogP contribution in [0.4, 0.5) is 5.69 Å². The SMILES string of the molecule is CC(C)C[C@H](CN)CC(=O)Nc1ccnc(Cl)c1. The average molecular weight is 270 g/mol. The lowest BCUT2D eigenvalue weighted by molar-refractivity contribution is -0.117. The molecule has 0 saturated heterocycles. The molecule has 0 radical (unpaired) electrons. The summed E-state index contributed by atoms with van der Waals surface area (Å²) in [4.78, 5) is 15.7. The van der Waals surface area contributed by atoms with Gasteiger partial charge in [0.15, 0.2) is 0 Å². The first-order valence-corrected chi connectivity index (χ1v) is 6.50. The molecule has 0 fully saturated rings. The normalized spacial score (nSPS) is 12.5. The Kier molecular flexibility index (Phi) is 6.09. The van der Waals surface area contributed by atoms with Gasteiger partial charge in [-0.1, -0.05) is 25.4 Å². The minimum Gasteiger partial charge on any atom is -0.330 e. The van der Waals surface area contributed by atoms with Crippen LogP contribution in [-0.4, -0.2) is 17.4 Å². The average Bonchev–Trinajstić information content (AvgIpc) is 2.27. The molecule has 3 N–H and O–H groups in total. The summed E-state index contributed by atoms with van der Waals surface area (Å²) in [6.07, 6.45) is 2.96. The smallest absolute Gasteiger partial charge is 0.224 e. The van der Waals surface area contributed by atoms with E-state index in [1.807, 2.05) is 0 Å². The molecule has 4 nitrogen and oxygen atoms in total. The molecule has 0 aliphatic heterocycles. The van der Waals surface area contributed by atoms with Crippen molar-refractivity contribution in [2.24, 2.45) is 17.6 Å². The predicted octanol–water partition coefficient (Wildman–Crippen LogP) is 2.68. The van der Waals surface area contributed by atoms with Crippen LogP contribution in [0.25, 0.3) is 0 Å². The van der Waals surface area contributed by atoms with Gasteiger partial charge in [0.1, 0.15) is 5.15 Å². The molecule has 0 aliphatic carbocycles. The maximum atomic E-state index is 11.8. The molecule has 0 spiro atoms. The van der Waals surface area contributed by atoms with Gasteiger partial charge in [-0.3, -0.25) is 4.79 Å². The second-order valence-corrected chi connectivity index (χ2v) is 5.24. The summed E-state index contributed by atoms with van der Waals surface area (Å²) in [6.45, 7) is 4.79. The van der Waals surface area contributed by atoms with Gasteiger partial charge in [-0.05, 0) is 36.9 Å². The maximum absolute atomic E-state index is 11.8. The van der Waals surface area contributed by atoms with E-state index in [1.54, 1.807) is 18.3 Å². The maximum Gasteiger partial charge on any atom is 0.224 e. The third-order valence-corrected chi connectivity index (χ3v) is 2.83. The summed E-state index contributed by atoms with van der Waals surface area (Å²) in [5.41, 5.74) is 6.34. The first-order valence-electron chi connectivity index (χ1n) is 6.12. The number of nitrogens with zero attached hydrogens (tertiary/aromatic N) is 1. The van der Waals surface area contributed by atoms with Crippen LogP contribution in [0, 0.1) is 11.8 Å². The van der Waals surface area contributed by atoms with Crippen LogP contribution in [0.2, 0.25) is 5.15 Å². The van der Waals surface area contributed by atoms with Crippen LogP contribution in [0.3, 0.4) is 0 Å². The summed E-state index contributed by atoms with van der Waals surface area (Å²) in [5, 5.41) is 3.17. The number of carbonyl (C=O) groups excluding carboxylic acids is 1. The number of hydrogen-bond acceptors (Lipinski definition) is 3. The van der Waals surface area contributed by atoms with E-state index >= 15 is 0 Å². The molecule has 1 aromatic heterocycles. The number of carbonyl (C=O) groups is 1. The molecule has 18 heavy (non-hydrogen) atoms. The van der Waals surface area contributed by atoms with Gasteiger partial charge in [-0.2, -0.15) is 0 Å². The van der Waals surface area contributed by atoms with Gasteiger partial charge in [-0.25, -0.2) is 4.98 Å². The number of amides is 1. The zero-order chi connectivity index (χ0) is 13.5. The van der Waals surface area contributed by atoms with Gasteiger partial charge in [-0.15, -0.1) is 0 Å². The monoisotopic (exact) mass is 269 g/mol. The van der Waals surface area contributed by atoms with Crippen LogP contribution in [0.1, 0.15) is 26.7 Å². The lowest BCUT2D eigenvalue weighted by Gasteiger charge is -2.16. The number of rotatable bonds is 6. The Labute approximate surface area is 113 Å². The molecule has 1 aromatic rings. The van der Waals surface area contributed by atoms with Crippen LogP contribution in [0.5, 0.6) is 0 Å². The molecule has 1 rings (SSSR count). The van der Waals surface area contributed by atoms with Crippen LogP contribution in [0.15, 0.2) is 18.3 Å². The van der Waals surface area contributed by atoms with Crippen molar-refractivity contribution in [1.82, 2.24) is 4.98 Å². The molecule has 0 bridgehead atoms. The predicted molar refractivity (Wildman–Crippen MR) is 74.5 cm³/mol. The van der Waals surface area contributed by atoms with E-state index in [9.17, 15) is 4.79 Å². The van der Waals surface area contributed by atoms with E-state index in [-0.39, 0.29) is 11.8 Å². The summed E-state index contributed by atoms with van der Waals surface area (Å²) in [6, 6.07) is 3.34. The zero-order valence-corrected chi connectivity index (χ0v) is 11.6. The molecule has 100 valence electrons. The van der Waals surface area contributed by atoms with Gasteiger partial charge >= 0.3 is 0 Å². The highest BCUT2D eigenvalue weighted by Crippen LogP contribution is 2.16. The number of hydrogen-bond donors (Lipinski definition) is 2. The highest BCUT2D eigenvalue weighted by molar-refractivity contribution is 6.29. The molecule has 1 heterocycles. The summed E-state index contributed by atoms with van der Waals surface area (Å²) >= 11 is 5.75. The molecular formula is C13H20ClN3O. The summed E-state index contributed by atoms with van der Waals surface area (Å²) in [5.74, 6) is 0.734. The minimum atomic E-state index is -0.0339. The van der Waals surface area contributed by atoms with Crippen molar-refractivity contribution in [3.63, 3.8) is 0 Å². The molecular weight excluding hydrogens is 250 g/mol. The molecule has 0 aromatic carbocycles. The third kappa shape index (κ3) is 5.47. The first kappa shape index (κ1) is 14.9. The van der Waals surface area contributed by atoms with Crippen molar-refractivity contribution in [3.05, 3.63) is 23.5 Å². The van der Waals surface area contributed by atoms with E-state index in [1.165, 1.54) is 0 Å². The largest absolute Gasteiger partial charge is 0.330 e.